The van der Waals surface area contributed by atoms with Crippen molar-refractivity contribution in [3.63, 3.8) is 0 Å². The van der Waals surface area contributed by atoms with Gasteiger partial charge in [-0.2, -0.15) is 0 Å². The quantitative estimate of drug-likeness (QED) is 0.542. The van der Waals surface area contributed by atoms with Crippen molar-refractivity contribution < 1.29 is 28.2 Å². The van der Waals surface area contributed by atoms with Crippen molar-refractivity contribution in [3.05, 3.63) is 52.1 Å². The summed E-state index contributed by atoms with van der Waals surface area (Å²) < 4.78 is 24.9. The van der Waals surface area contributed by atoms with Crippen molar-refractivity contribution in [3.8, 4) is 0 Å². The van der Waals surface area contributed by atoms with Crippen molar-refractivity contribution in [2.24, 2.45) is 0 Å². The van der Waals surface area contributed by atoms with Crippen molar-refractivity contribution in [1.82, 2.24) is 15.2 Å². The molecule has 3 amide bonds. The number of aromatic nitrogens is 1. The predicted molar refractivity (Wildman–Crippen MR) is 129 cm³/mol. The van der Waals surface area contributed by atoms with Gasteiger partial charge in [0.25, 0.3) is 11.8 Å². The number of aromatic amines is 1. The van der Waals surface area contributed by atoms with Crippen LogP contribution in [0.25, 0.3) is 0 Å². The smallest absolute Gasteiger partial charge is 0.253 e. The van der Waals surface area contributed by atoms with Gasteiger partial charge in [-0.25, -0.2) is 4.39 Å². The minimum atomic E-state index is -0.822. The number of H-pyrrole nitrogens is 1. The number of rotatable bonds is 7. The molecule has 1 aliphatic carbocycles. The molecular formula is C26H31FN4O5. The Morgan fingerprint density at radius 3 is 2.78 bits per heavy atom. The molecule has 3 unspecified atom stereocenters. The summed E-state index contributed by atoms with van der Waals surface area (Å²) in [4.78, 5) is 44.0. The van der Waals surface area contributed by atoms with Crippen LogP contribution >= 0.6 is 0 Å². The third kappa shape index (κ3) is 3.98. The zero-order valence-electron chi connectivity index (χ0n) is 20.7. The van der Waals surface area contributed by atoms with Gasteiger partial charge in [0, 0.05) is 42.7 Å². The summed E-state index contributed by atoms with van der Waals surface area (Å²) in [7, 11) is 0. The van der Waals surface area contributed by atoms with Gasteiger partial charge in [0.2, 0.25) is 5.91 Å². The molecule has 0 radical (unpaired) electrons. The molecule has 36 heavy (non-hydrogen) atoms. The third-order valence-corrected chi connectivity index (χ3v) is 7.54. The van der Waals surface area contributed by atoms with Gasteiger partial charge in [-0.05, 0) is 56.5 Å². The van der Waals surface area contributed by atoms with Crippen LogP contribution < -0.4 is 10.6 Å². The van der Waals surface area contributed by atoms with Gasteiger partial charge in [0.1, 0.15) is 5.82 Å². The maximum atomic E-state index is 14.0. The third-order valence-electron chi connectivity index (χ3n) is 7.54. The summed E-state index contributed by atoms with van der Waals surface area (Å²) in [5.74, 6) is -1.19. The number of ether oxygens (including phenoxy) is 2. The van der Waals surface area contributed by atoms with Gasteiger partial charge in [0.15, 0.2) is 6.10 Å². The maximum absolute atomic E-state index is 14.0. The van der Waals surface area contributed by atoms with Gasteiger partial charge < -0.3 is 30.0 Å². The highest BCUT2D eigenvalue weighted by atomic mass is 19.1. The first kappa shape index (κ1) is 24.5. The van der Waals surface area contributed by atoms with Crippen LogP contribution in [-0.2, 0) is 24.5 Å². The van der Waals surface area contributed by atoms with E-state index in [0.717, 1.165) is 11.3 Å². The second kappa shape index (κ2) is 9.33. The van der Waals surface area contributed by atoms with Crippen LogP contribution in [0.4, 0.5) is 10.1 Å². The average molecular weight is 499 g/mol. The first-order valence-corrected chi connectivity index (χ1v) is 12.3. The molecule has 1 aromatic heterocycles. The summed E-state index contributed by atoms with van der Waals surface area (Å²) in [6, 6.07) is 4.35. The van der Waals surface area contributed by atoms with Gasteiger partial charge in [-0.15, -0.1) is 0 Å². The SMILES string of the molecule is CCOC(CNC(=O)c1c(C)[nH]c(C2CC23C(=O)Nc2ccc(F)cc23)c1C)C(=O)N1CCOCC1. The molecule has 5 rings (SSSR count). The van der Waals surface area contributed by atoms with Crippen LogP contribution in [-0.4, -0.2) is 73.2 Å². The number of aryl methyl sites for hydroxylation is 1. The highest BCUT2D eigenvalue weighted by molar-refractivity contribution is 6.10. The summed E-state index contributed by atoms with van der Waals surface area (Å²) in [5.41, 5.74) is 3.18. The highest BCUT2D eigenvalue weighted by Gasteiger charge is 2.66. The molecule has 192 valence electrons. The lowest BCUT2D eigenvalue weighted by molar-refractivity contribution is -0.147. The van der Waals surface area contributed by atoms with Gasteiger partial charge in [-0.3, -0.25) is 14.4 Å². The molecule has 1 saturated heterocycles. The summed E-state index contributed by atoms with van der Waals surface area (Å²) in [5, 5.41) is 5.73. The van der Waals surface area contributed by atoms with E-state index in [2.05, 4.69) is 15.6 Å². The number of fused-ring (bicyclic) bond motifs is 2. The van der Waals surface area contributed by atoms with Crippen molar-refractivity contribution in [1.29, 1.82) is 0 Å². The number of amides is 3. The average Bonchev–Trinajstić information content (AvgIpc) is 3.47. The second-order valence-corrected chi connectivity index (χ2v) is 9.63. The van der Waals surface area contributed by atoms with E-state index >= 15 is 0 Å². The van der Waals surface area contributed by atoms with Gasteiger partial charge >= 0.3 is 0 Å². The number of carbonyl (C=O) groups excluding carboxylic acids is 3. The monoisotopic (exact) mass is 498 g/mol. The number of morpholine rings is 1. The number of benzene rings is 1. The molecule has 1 saturated carbocycles. The lowest BCUT2D eigenvalue weighted by atomic mass is 9.92. The Labute approximate surface area is 208 Å². The molecule has 10 heteroatoms. The van der Waals surface area contributed by atoms with Crippen LogP contribution in [0.1, 0.15) is 52.1 Å². The molecule has 3 heterocycles. The van der Waals surface area contributed by atoms with Crippen LogP contribution in [0.2, 0.25) is 0 Å². The van der Waals surface area contributed by atoms with Crippen molar-refractivity contribution >= 4 is 23.4 Å². The molecule has 0 bridgehead atoms. The minimum Gasteiger partial charge on any atom is -0.378 e. The van der Waals surface area contributed by atoms with Crippen LogP contribution in [0, 0.1) is 19.7 Å². The Balaban J connectivity index is 1.32. The van der Waals surface area contributed by atoms with Crippen LogP contribution in [0.15, 0.2) is 18.2 Å². The predicted octanol–water partition coefficient (Wildman–Crippen LogP) is 2.14. The molecule has 3 N–H and O–H groups in total. The molecule has 1 spiro atoms. The first-order valence-electron chi connectivity index (χ1n) is 12.3. The van der Waals surface area contributed by atoms with Gasteiger partial charge in [0.05, 0.1) is 30.7 Å². The number of halogens is 1. The molecule has 3 atom stereocenters. The molecule has 2 fully saturated rings. The number of hydrogen-bond acceptors (Lipinski definition) is 5. The van der Waals surface area contributed by atoms with E-state index in [1.165, 1.54) is 12.1 Å². The Kier molecular flexibility index (Phi) is 6.34. The number of carbonyl (C=O) groups is 3. The van der Waals surface area contributed by atoms with Crippen LogP contribution in [0.3, 0.4) is 0 Å². The Hall–Kier alpha value is -3.24. The Morgan fingerprint density at radius 1 is 1.31 bits per heavy atom. The fourth-order valence-corrected chi connectivity index (χ4v) is 5.65. The first-order chi connectivity index (χ1) is 17.3. The highest BCUT2D eigenvalue weighted by Crippen LogP contribution is 2.65. The maximum Gasteiger partial charge on any atom is 0.253 e. The molecular weight excluding hydrogens is 467 g/mol. The zero-order chi connectivity index (χ0) is 25.6. The summed E-state index contributed by atoms with van der Waals surface area (Å²) >= 11 is 0. The normalized spacial score (nSPS) is 23.4. The molecule has 9 nitrogen and oxygen atoms in total. The standard InChI is InChI=1S/C26H31FN4O5/c1-4-36-20(24(33)31-7-9-35-10-8-31)13-28-23(32)21-14(2)22(29-15(21)3)18-12-26(18)17-11-16(27)5-6-19(17)30-25(26)34/h5-6,11,18,20,29H,4,7-10,12-13H2,1-3H3,(H,28,32)(H,30,34). The summed E-state index contributed by atoms with van der Waals surface area (Å²) in [6.07, 6.45) is -0.242. The van der Waals surface area contributed by atoms with Crippen molar-refractivity contribution in [2.45, 2.75) is 44.6 Å². The number of anilines is 1. The van der Waals surface area contributed by atoms with E-state index in [9.17, 15) is 18.8 Å². The van der Waals surface area contributed by atoms with Crippen molar-refractivity contribution in [2.75, 3.05) is 44.8 Å². The van der Waals surface area contributed by atoms with E-state index in [-0.39, 0.29) is 36.0 Å². The molecule has 2 aromatic rings. The van der Waals surface area contributed by atoms with E-state index < -0.39 is 11.5 Å². The Morgan fingerprint density at radius 2 is 2.06 bits per heavy atom. The second-order valence-electron chi connectivity index (χ2n) is 9.63. The minimum absolute atomic E-state index is 0.0463. The summed E-state index contributed by atoms with van der Waals surface area (Å²) in [6.45, 7) is 7.82. The van der Waals surface area contributed by atoms with Gasteiger partial charge in [-0.1, -0.05) is 0 Å². The molecule has 3 aliphatic rings. The number of nitrogens with one attached hydrogen (secondary N) is 3. The Bertz CT molecular complexity index is 1220. The number of hydrogen-bond donors (Lipinski definition) is 3. The topological polar surface area (TPSA) is 113 Å². The molecule has 1 aromatic carbocycles. The van der Waals surface area contributed by atoms with E-state index in [4.69, 9.17) is 9.47 Å². The van der Waals surface area contributed by atoms with E-state index in [0.29, 0.717) is 61.8 Å². The molecule has 2 aliphatic heterocycles. The lowest BCUT2D eigenvalue weighted by Crippen LogP contribution is -2.50. The fraction of sp³-hybridized carbons (Fsp3) is 0.500. The van der Waals surface area contributed by atoms with Crippen LogP contribution in [0.5, 0.6) is 0 Å². The number of nitrogens with zero attached hydrogens (tertiary/aromatic N) is 1. The largest absolute Gasteiger partial charge is 0.378 e. The fourth-order valence-electron chi connectivity index (χ4n) is 5.65. The van der Waals surface area contributed by atoms with E-state index in [1.807, 2.05) is 20.8 Å². The zero-order valence-corrected chi connectivity index (χ0v) is 20.7. The van der Waals surface area contributed by atoms with E-state index in [1.54, 1.807) is 11.0 Å². The lowest BCUT2D eigenvalue weighted by Gasteiger charge is -2.30.